The third-order valence-electron chi connectivity index (χ3n) is 4.18. The zero-order chi connectivity index (χ0) is 20.7. The van der Waals surface area contributed by atoms with E-state index < -0.39 is 30.1 Å². The summed E-state index contributed by atoms with van der Waals surface area (Å²) in [5.74, 6) is -2.71. The van der Waals surface area contributed by atoms with E-state index in [-0.39, 0.29) is 18.8 Å². The van der Waals surface area contributed by atoms with Crippen LogP contribution in [0, 0.1) is 0 Å². The molecule has 2 rings (SSSR count). The molecule has 1 unspecified atom stereocenters. The molecule has 0 fully saturated rings. The summed E-state index contributed by atoms with van der Waals surface area (Å²) in [6.45, 7) is 1.10. The summed E-state index contributed by atoms with van der Waals surface area (Å²) in [5, 5.41) is 28.3. The van der Waals surface area contributed by atoms with Crippen molar-refractivity contribution in [1.82, 2.24) is 4.90 Å². The Morgan fingerprint density at radius 2 is 1.54 bits per heavy atom. The highest BCUT2D eigenvalue weighted by Gasteiger charge is 2.37. The van der Waals surface area contributed by atoms with Gasteiger partial charge in [0.2, 0.25) is 0 Å². The highest BCUT2D eigenvalue weighted by atomic mass is 16.6. The summed E-state index contributed by atoms with van der Waals surface area (Å²) in [7, 11) is 0. The number of carbonyl (C=O) groups is 3. The Hall–Kier alpha value is -3.55. The number of aliphatic carboxylic acids is 2. The molecule has 0 aliphatic heterocycles. The second-order valence-corrected chi connectivity index (χ2v) is 6.19. The fraction of sp³-hybridized carbons (Fsp3) is 0.250. The van der Waals surface area contributed by atoms with Crippen LogP contribution in [-0.4, -0.2) is 50.3 Å². The van der Waals surface area contributed by atoms with Crippen LogP contribution in [0.5, 0.6) is 5.75 Å². The van der Waals surface area contributed by atoms with Crippen molar-refractivity contribution in [1.29, 1.82) is 0 Å². The topological polar surface area (TPSA) is 124 Å². The Morgan fingerprint density at radius 1 is 0.929 bits per heavy atom. The number of ether oxygens (including phenoxy) is 1. The smallest absolute Gasteiger partial charge is 0.411 e. The Kier molecular flexibility index (Phi) is 6.97. The maximum atomic E-state index is 12.6. The molecule has 1 amide bonds. The number of aromatic hydroxyl groups is 1. The van der Waals surface area contributed by atoms with Crippen molar-refractivity contribution in [2.75, 3.05) is 0 Å². The van der Waals surface area contributed by atoms with Crippen LogP contribution in [0.1, 0.15) is 18.1 Å². The molecule has 2 aromatic rings. The normalized spacial score (nSPS) is 12.6. The van der Waals surface area contributed by atoms with Gasteiger partial charge in [0.1, 0.15) is 24.4 Å². The molecule has 0 radical (unpaired) electrons. The fourth-order valence-corrected chi connectivity index (χ4v) is 2.63. The summed E-state index contributed by atoms with van der Waals surface area (Å²) in [6.07, 6.45) is -1.18. The van der Waals surface area contributed by atoms with Crippen LogP contribution in [0.2, 0.25) is 0 Å². The molecule has 2 atom stereocenters. The Morgan fingerprint density at radius 3 is 2.07 bits per heavy atom. The number of hydrogen-bond donors (Lipinski definition) is 3. The van der Waals surface area contributed by atoms with Gasteiger partial charge >= 0.3 is 18.0 Å². The van der Waals surface area contributed by atoms with Crippen molar-refractivity contribution in [3.63, 3.8) is 0 Å². The summed E-state index contributed by atoms with van der Waals surface area (Å²) >= 11 is 0. The Bertz CT molecular complexity index is 820. The van der Waals surface area contributed by atoms with Gasteiger partial charge in [-0.15, -0.1) is 0 Å². The molecule has 2 aromatic carbocycles. The predicted octanol–water partition coefficient (Wildman–Crippen LogP) is 2.50. The number of carboxylic acid groups (broad SMARTS) is 2. The molecular weight excluding hydrogens is 366 g/mol. The molecule has 0 saturated carbocycles. The molecule has 8 nitrogen and oxygen atoms in total. The van der Waals surface area contributed by atoms with Crippen molar-refractivity contribution in [3.05, 3.63) is 65.7 Å². The number of carboxylic acids is 2. The van der Waals surface area contributed by atoms with Gasteiger partial charge < -0.3 is 20.1 Å². The number of hydrogen-bond acceptors (Lipinski definition) is 5. The third kappa shape index (κ3) is 5.47. The molecule has 0 aliphatic carbocycles. The second-order valence-electron chi connectivity index (χ2n) is 6.19. The van der Waals surface area contributed by atoms with Crippen molar-refractivity contribution >= 4 is 18.0 Å². The second kappa shape index (κ2) is 9.40. The zero-order valence-corrected chi connectivity index (χ0v) is 15.2. The van der Waals surface area contributed by atoms with E-state index >= 15 is 0 Å². The lowest BCUT2D eigenvalue weighted by molar-refractivity contribution is -0.148. The average Bonchev–Trinajstić information content (AvgIpc) is 2.67. The molecule has 0 bridgehead atoms. The molecule has 0 heterocycles. The third-order valence-corrected chi connectivity index (χ3v) is 4.18. The van der Waals surface area contributed by atoms with Crippen LogP contribution >= 0.6 is 0 Å². The summed E-state index contributed by atoms with van der Waals surface area (Å²) in [6, 6.07) is 11.7. The van der Waals surface area contributed by atoms with Gasteiger partial charge in [-0.3, -0.25) is 4.90 Å². The SMILES string of the molecule is CC(C(=O)O)N(C(=O)OCc1ccccc1)[C@@H](Cc1ccc(O)cc1)C(=O)O. The Labute approximate surface area is 161 Å². The van der Waals surface area contributed by atoms with Crippen molar-refractivity contribution in [2.45, 2.75) is 32.0 Å². The summed E-state index contributed by atoms with van der Waals surface area (Å²) in [5.41, 5.74) is 1.20. The largest absolute Gasteiger partial charge is 0.508 e. The molecule has 0 aliphatic rings. The lowest BCUT2D eigenvalue weighted by Gasteiger charge is -2.31. The lowest BCUT2D eigenvalue weighted by Crippen LogP contribution is -2.53. The van der Waals surface area contributed by atoms with E-state index in [1.165, 1.54) is 31.2 Å². The highest BCUT2D eigenvalue weighted by Crippen LogP contribution is 2.18. The van der Waals surface area contributed by atoms with Crippen LogP contribution in [-0.2, 0) is 27.4 Å². The number of nitrogens with zero attached hydrogens (tertiary/aromatic N) is 1. The van der Waals surface area contributed by atoms with E-state index in [9.17, 15) is 29.7 Å². The first-order chi connectivity index (χ1) is 13.3. The molecule has 8 heteroatoms. The van der Waals surface area contributed by atoms with Crippen LogP contribution in [0.25, 0.3) is 0 Å². The van der Waals surface area contributed by atoms with Gasteiger partial charge in [-0.05, 0) is 30.2 Å². The monoisotopic (exact) mass is 387 g/mol. The maximum absolute atomic E-state index is 12.6. The van der Waals surface area contributed by atoms with Gasteiger partial charge in [0.15, 0.2) is 0 Å². The van der Waals surface area contributed by atoms with E-state index in [0.717, 1.165) is 0 Å². The summed E-state index contributed by atoms with van der Waals surface area (Å²) in [4.78, 5) is 36.6. The number of phenols is 1. The first-order valence-corrected chi connectivity index (χ1v) is 8.52. The summed E-state index contributed by atoms with van der Waals surface area (Å²) < 4.78 is 5.17. The number of rotatable bonds is 8. The van der Waals surface area contributed by atoms with Gasteiger partial charge in [0, 0.05) is 6.42 Å². The van der Waals surface area contributed by atoms with Crippen molar-refractivity contribution in [3.8, 4) is 5.75 Å². The van der Waals surface area contributed by atoms with Crippen LogP contribution in [0.3, 0.4) is 0 Å². The zero-order valence-electron chi connectivity index (χ0n) is 15.2. The molecule has 0 spiro atoms. The maximum Gasteiger partial charge on any atom is 0.411 e. The van der Waals surface area contributed by atoms with E-state index in [0.29, 0.717) is 16.0 Å². The number of benzene rings is 2. The molecule has 0 aromatic heterocycles. The van der Waals surface area contributed by atoms with Crippen LogP contribution in [0.15, 0.2) is 54.6 Å². The number of phenolic OH excluding ortho intramolecular Hbond substituents is 1. The van der Waals surface area contributed by atoms with Gasteiger partial charge in [-0.1, -0.05) is 42.5 Å². The van der Waals surface area contributed by atoms with E-state index in [1.54, 1.807) is 30.3 Å². The minimum atomic E-state index is -1.46. The van der Waals surface area contributed by atoms with E-state index in [2.05, 4.69) is 0 Å². The molecule has 3 N–H and O–H groups in total. The molecule has 28 heavy (non-hydrogen) atoms. The predicted molar refractivity (Wildman–Crippen MR) is 98.8 cm³/mol. The average molecular weight is 387 g/mol. The van der Waals surface area contributed by atoms with Gasteiger partial charge in [-0.25, -0.2) is 14.4 Å². The quantitative estimate of drug-likeness (QED) is 0.635. The molecule has 148 valence electrons. The highest BCUT2D eigenvalue weighted by molar-refractivity contribution is 5.85. The minimum absolute atomic E-state index is 0.00801. The van der Waals surface area contributed by atoms with E-state index in [4.69, 9.17) is 4.74 Å². The van der Waals surface area contributed by atoms with Crippen LogP contribution in [0.4, 0.5) is 4.79 Å². The molecule has 0 saturated heterocycles. The van der Waals surface area contributed by atoms with Gasteiger partial charge in [0.05, 0.1) is 0 Å². The first-order valence-electron chi connectivity index (χ1n) is 8.52. The van der Waals surface area contributed by atoms with Crippen LogP contribution < -0.4 is 0 Å². The standard InChI is InChI=1S/C20H21NO7/c1-13(18(23)24)21(20(27)28-12-15-5-3-2-4-6-15)17(19(25)26)11-14-7-9-16(22)10-8-14/h2-10,13,17,22H,11-12H2,1H3,(H,23,24)(H,25,26)/t13?,17-/m0/s1. The lowest BCUT2D eigenvalue weighted by atomic mass is 10.0. The van der Waals surface area contributed by atoms with E-state index in [1.807, 2.05) is 0 Å². The Balaban J connectivity index is 2.24. The van der Waals surface area contributed by atoms with Crippen molar-refractivity contribution in [2.24, 2.45) is 0 Å². The minimum Gasteiger partial charge on any atom is -0.508 e. The number of amides is 1. The first kappa shape index (κ1) is 20.8. The fourth-order valence-electron chi connectivity index (χ4n) is 2.63. The van der Waals surface area contributed by atoms with Gasteiger partial charge in [-0.2, -0.15) is 0 Å². The number of carbonyl (C=O) groups excluding carboxylic acids is 1. The molecular formula is C20H21NO7. The van der Waals surface area contributed by atoms with Crippen molar-refractivity contribution < 1.29 is 34.4 Å². The van der Waals surface area contributed by atoms with Gasteiger partial charge in [0.25, 0.3) is 0 Å².